The molecular weight excluding hydrogens is 211 g/mol. The molecule has 1 amide bonds. The lowest BCUT2D eigenvalue weighted by Crippen LogP contribution is -2.21. The monoisotopic (exact) mass is 215 g/mol. The van der Waals surface area contributed by atoms with Gasteiger partial charge in [0.25, 0.3) is 5.91 Å². The third kappa shape index (κ3) is 6.14. The number of rotatable bonds is 0. The van der Waals surface area contributed by atoms with E-state index in [0.29, 0.717) is 5.75 Å². The molecule has 0 unspecified atom stereocenters. The first-order chi connectivity index (χ1) is 5.84. The molecule has 8 heteroatoms. The number of carboxylic acids is 1. The number of hydrogen-bond donors (Lipinski definition) is 1. The van der Waals surface area contributed by atoms with Crippen LogP contribution in [-0.2, 0) is 9.59 Å². The standard InChI is InChI=1S/C3H3NOS.C2HF3O2/c5-3-1-6-2-4-3;3-2(4,5)1(6)7/h2H,1H2;(H,6,7). The fraction of sp³-hybridized carbons (Fsp3) is 0.400. The fourth-order valence-corrected chi connectivity index (χ4v) is 0.726. The summed E-state index contributed by atoms with van der Waals surface area (Å²) in [6, 6.07) is 0. The number of hydrogen-bond acceptors (Lipinski definition) is 3. The molecule has 1 N–H and O–H groups in total. The molecule has 13 heavy (non-hydrogen) atoms. The highest BCUT2D eigenvalue weighted by atomic mass is 32.2. The first-order valence-corrected chi connectivity index (χ1v) is 3.86. The van der Waals surface area contributed by atoms with Crippen molar-refractivity contribution in [3.05, 3.63) is 0 Å². The van der Waals surface area contributed by atoms with E-state index in [1.165, 1.54) is 11.8 Å². The minimum Gasteiger partial charge on any atom is -0.475 e. The molecule has 0 saturated heterocycles. The molecule has 0 aliphatic carbocycles. The number of carboxylic acid groups (broad SMARTS) is 1. The summed E-state index contributed by atoms with van der Waals surface area (Å²) in [7, 11) is 0. The van der Waals surface area contributed by atoms with Crippen molar-refractivity contribution in [3.8, 4) is 0 Å². The molecule has 4 nitrogen and oxygen atoms in total. The van der Waals surface area contributed by atoms with Crippen molar-refractivity contribution >= 4 is 29.2 Å². The molecular formula is C5H4F3NO3S. The van der Waals surface area contributed by atoms with Gasteiger partial charge in [-0.2, -0.15) is 13.2 Å². The summed E-state index contributed by atoms with van der Waals surface area (Å²) in [6.07, 6.45) is -5.08. The molecule has 74 valence electrons. The lowest BCUT2D eigenvalue weighted by molar-refractivity contribution is -0.192. The Balaban J connectivity index is 0.000000223. The Hall–Kier alpha value is -1.05. The topological polar surface area (TPSA) is 66.7 Å². The Bertz CT molecular complexity index is 238. The molecule has 1 heterocycles. The summed E-state index contributed by atoms with van der Waals surface area (Å²) in [5, 5.41) is 7.12. The molecule has 0 spiro atoms. The highest BCUT2D eigenvalue weighted by Gasteiger charge is 2.38. The van der Waals surface area contributed by atoms with E-state index in [9.17, 15) is 18.0 Å². The third-order valence-electron chi connectivity index (χ3n) is 0.721. The zero-order chi connectivity index (χ0) is 10.5. The second-order valence-electron chi connectivity index (χ2n) is 1.74. The van der Waals surface area contributed by atoms with E-state index in [2.05, 4.69) is 4.99 Å². The van der Waals surface area contributed by atoms with Crippen molar-refractivity contribution in [2.24, 2.45) is 4.99 Å². The van der Waals surface area contributed by atoms with Gasteiger partial charge in [-0.05, 0) is 0 Å². The van der Waals surface area contributed by atoms with E-state index in [1.54, 1.807) is 5.55 Å². The van der Waals surface area contributed by atoms with E-state index in [1.807, 2.05) is 0 Å². The smallest absolute Gasteiger partial charge is 0.475 e. The van der Waals surface area contributed by atoms with E-state index >= 15 is 0 Å². The maximum atomic E-state index is 10.6. The Morgan fingerprint density at radius 1 is 1.62 bits per heavy atom. The number of halogens is 3. The van der Waals surface area contributed by atoms with Crippen LogP contribution in [0.25, 0.3) is 0 Å². The van der Waals surface area contributed by atoms with Gasteiger partial charge in [0, 0.05) is 0 Å². The van der Waals surface area contributed by atoms with Crippen molar-refractivity contribution in [2.75, 3.05) is 5.75 Å². The van der Waals surface area contributed by atoms with Crippen LogP contribution >= 0.6 is 11.8 Å². The maximum absolute atomic E-state index is 10.6. The number of aliphatic imine (C=N–C) groups is 1. The lowest BCUT2D eigenvalue weighted by atomic mass is 10.7. The summed E-state index contributed by atoms with van der Waals surface area (Å²) >= 11 is 1.44. The molecule has 1 rings (SSSR count). The van der Waals surface area contributed by atoms with E-state index in [4.69, 9.17) is 9.90 Å². The predicted molar refractivity (Wildman–Crippen MR) is 39.6 cm³/mol. The number of amides is 1. The Morgan fingerprint density at radius 2 is 2.08 bits per heavy atom. The zero-order valence-corrected chi connectivity index (χ0v) is 6.85. The minimum absolute atomic E-state index is 0.0139. The molecule has 0 aromatic rings. The molecule has 0 fully saturated rings. The molecule has 0 aromatic carbocycles. The molecule has 0 bridgehead atoms. The Morgan fingerprint density at radius 3 is 2.15 bits per heavy atom. The zero-order valence-electron chi connectivity index (χ0n) is 6.04. The van der Waals surface area contributed by atoms with Gasteiger partial charge in [-0.25, -0.2) is 9.79 Å². The van der Waals surface area contributed by atoms with Crippen LogP contribution in [0.1, 0.15) is 0 Å². The highest BCUT2D eigenvalue weighted by molar-refractivity contribution is 8.13. The van der Waals surface area contributed by atoms with Crippen LogP contribution in [0, 0.1) is 0 Å². The maximum Gasteiger partial charge on any atom is 0.490 e. The largest absolute Gasteiger partial charge is 0.490 e. The molecule has 0 radical (unpaired) electrons. The number of aliphatic carboxylic acids is 1. The molecule has 0 atom stereocenters. The van der Waals surface area contributed by atoms with Gasteiger partial charge in [-0.3, -0.25) is 4.79 Å². The number of thioether (sulfide) groups is 1. The van der Waals surface area contributed by atoms with Crippen LogP contribution in [0.4, 0.5) is 13.2 Å². The van der Waals surface area contributed by atoms with Crippen molar-refractivity contribution in [1.82, 2.24) is 0 Å². The first-order valence-electron chi connectivity index (χ1n) is 2.81. The van der Waals surface area contributed by atoms with Crippen LogP contribution in [0.3, 0.4) is 0 Å². The number of carbonyl (C=O) groups is 2. The van der Waals surface area contributed by atoms with Crippen molar-refractivity contribution in [2.45, 2.75) is 6.18 Å². The van der Waals surface area contributed by atoms with Crippen molar-refractivity contribution in [3.63, 3.8) is 0 Å². The number of carbonyl (C=O) groups excluding carboxylic acids is 1. The summed E-state index contributed by atoms with van der Waals surface area (Å²) in [6.45, 7) is 0. The van der Waals surface area contributed by atoms with Crippen LogP contribution in [0.2, 0.25) is 0 Å². The Labute approximate surface area is 74.8 Å². The highest BCUT2D eigenvalue weighted by Crippen LogP contribution is 2.13. The number of alkyl halides is 3. The van der Waals surface area contributed by atoms with Gasteiger partial charge in [0.1, 0.15) is 0 Å². The van der Waals surface area contributed by atoms with Crippen molar-refractivity contribution < 1.29 is 27.9 Å². The first kappa shape index (κ1) is 11.9. The SMILES string of the molecule is O=C(O)C(F)(F)F.O=C1CSC=N1. The molecule has 1 aliphatic rings. The molecule has 0 saturated carbocycles. The normalized spacial score (nSPS) is 15.2. The second kappa shape index (κ2) is 4.85. The van der Waals surface area contributed by atoms with Crippen LogP contribution in [0.15, 0.2) is 4.99 Å². The summed E-state index contributed by atoms with van der Waals surface area (Å²) in [4.78, 5) is 22.4. The van der Waals surface area contributed by atoms with Crippen molar-refractivity contribution in [1.29, 1.82) is 0 Å². The summed E-state index contributed by atoms with van der Waals surface area (Å²) < 4.78 is 31.7. The van der Waals surface area contributed by atoms with Gasteiger partial charge in [0.05, 0.1) is 11.3 Å². The van der Waals surface area contributed by atoms with Gasteiger partial charge >= 0.3 is 12.1 Å². The third-order valence-corrected chi connectivity index (χ3v) is 1.39. The van der Waals surface area contributed by atoms with Gasteiger partial charge in [-0.15, -0.1) is 11.8 Å². The quantitative estimate of drug-likeness (QED) is 0.652. The van der Waals surface area contributed by atoms with Crippen LogP contribution < -0.4 is 0 Å². The molecule has 0 aromatic heterocycles. The van der Waals surface area contributed by atoms with Crippen LogP contribution in [-0.4, -0.2) is 34.5 Å². The predicted octanol–water partition coefficient (Wildman–Crippen LogP) is 0.921. The fourth-order valence-electron chi connectivity index (χ4n) is 0.242. The van der Waals surface area contributed by atoms with Crippen LogP contribution in [0.5, 0.6) is 0 Å². The average Bonchev–Trinajstić information content (AvgIpc) is 2.38. The number of nitrogens with zero attached hydrogens (tertiary/aromatic N) is 1. The second-order valence-corrected chi connectivity index (χ2v) is 2.57. The van der Waals surface area contributed by atoms with Gasteiger partial charge in [0.2, 0.25) is 0 Å². The van der Waals surface area contributed by atoms with E-state index in [0.717, 1.165) is 0 Å². The Kier molecular flexibility index (Phi) is 4.46. The van der Waals surface area contributed by atoms with Gasteiger partial charge in [0.15, 0.2) is 0 Å². The lowest BCUT2D eigenvalue weighted by Gasteiger charge is -1.93. The van der Waals surface area contributed by atoms with E-state index in [-0.39, 0.29) is 5.91 Å². The van der Waals surface area contributed by atoms with E-state index < -0.39 is 12.1 Å². The molecule has 1 aliphatic heterocycles. The minimum atomic E-state index is -5.08. The summed E-state index contributed by atoms with van der Waals surface area (Å²) in [5.41, 5.74) is 1.57. The summed E-state index contributed by atoms with van der Waals surface area (Å²) in [5.74, 6) is -2.23. The van der Waals surface area contributed by atoms with Gasteiger partial charge in [-0.1, -0.05) is 0 Å². The average molecular weight is 215 g/mol. The van der Waals surface area contributed by atoms with Gasteiger partial charge < -0.3 is 5.11 Å².